The van der Waals surface area contributed by atoms with Crippen molar-refractivity contribution in [2.75, 3.05) is 18.9 Å². The van der Waals surface area contributed by atoms with Crippen LogP contribution in [0.4, 0.5) is 14.5 Å². The maximum atomic E-state index is 13.0. The number of anilines is 1. The van der Waals surface area contributed by atoms with E-state index < -0.39 is 11.7 Å². The van der Waals surface area contributed by atoms with Crippen molar-refractivity contribution in [1.29, 1.82) is 0 Å². The number of hydrogen-bond donors (Lipinski definition) is 1. The van der Waals surface area contributed by atoms with Gasteiger partial charge in [0.2, 0.25) is 11.8 Å². The van der Waals surface area contributed by atoms with Crippen LogP contribution in [-0.2, 0) is 9.59 Å². The van der Waals surface area contributed by atoms with Crippen LogP contribution in [0, 0.1) is 11.6 Å². The lowest BCUT2D eigenvalue weighted by molar-refractivity contribution is -0.129. The van der Waals surface area contributed by atoms with Gasteiger partial charge in [0.15, 0.2) is 0 Å². The molecule has 2 aromatic rings. The molecule has 24 heavy (non-hydrogen) atoms. The summed E-state index contributed by atoms with van der Waals surface area (Å²) in [5.41, 5.74) is 0.991. The fourth-order valence-corrected chi connectivity index (χ4v) is 1.93. The Labute approximate surface area is 138 Å². The molecule has 2 aromatic carbocycles. The van der Waals surface area contributed by atoms with Crippen LogP contribution in [0.1, 0.15) is 5.56 Å². The lowest BCUT2D eigenvalue weighted by Gasteiger charge is -2.14. The molecule has 0 aliphatic rings. The minimum Gasteiger partial charge on any atom is -0.333 e. The maximum absolute atomic E-state index is 13.0. The van der Waals surface area contributed by atoms with Gasteiger partial charge in [0, 0.05) is 18.8 Å². The quantitative estimate of drug-likeness (QED) is 0.857. The Hall–Kier alpha value is -3.02. The van der Waals surface area contributed by atoms with Gasteiger partial charge < -0.3 is 10.2 Å². The van der Waals surface area contributed by atoms with E-state index >= 15 is 0 Å². The number of halogens is 2. The first-order chi connectivity index (χ1) is 11.4. The Kier molecular flexibility index (Phi) is 5.78. The second-order valence-electron chi connectivity index (χ2n) is 5.14. The molecule has 0 unspecified atom stereocenters. The summed E-state index contributed by atoms with van der Waals surface area (Å²) in [6, 6.07) is 11.1. The second kappa shape index (κ2) is 8.01. The first-order valence-electron chi connectivity index (χ1n) is 7.18. The molecule has 0 saturated carbocycles. The van der Waals surface area contributed by atoms with Crippen molar-refractivity contribution in [1.82, 2.24) is 4.90 Å². The summed E-state index contributed by atoms with van der Waals surface area (Å²) >= 11 is 0. The molecule has 0 spiro atoms. The van der Waals surface area contributed by atoms with E-state index in [4.69, 9.17) is 0 Å². The topological polar surface area (TPSA) is 49.4 Å². The summed E-state index contributed by atoms with van der Waals surface area (Å²) in [4.78, 5) is 25.0. The van der Waals surface area contributed by atoms with E-state index in [0.717, 1.165) is 0 Å². The fourth-order valence-electron chi connectivity index (χ4n) is 1.93. The summed E-state index contributed by atoms with van der Waals surface area (Å²) < 4.78 is 25.8. The molecule has 124 valence electrons. The summed E-state index contributed by atoms with van der Waals surface area (Å²) in [5, 5.41) is 2.51. The Morgan fingerprint density at radius 2 is 1.79 bits per heavy atom. The number of carbonyl (C=O) groups is 2. The number of nitrogens with one attached hydrogen (secondary N) is 1. The molecule has 0 aromatic heterocycles. The summed E-state index contributed by atoms with van der Waals surface area (Å²) in [7, 11) is 1.47. The van der Waals surface area contributed by atoms with Crippen LogP contribution in [0.3, 0.4) is 0 Å². The van der Waals surface area contributed by atoms with Gasteiger partial charge >= 0.3 is 0 Å². The van der Waals surface area contributed by atoms with Gasteiger partial charge in [-0.3, -0.25) is 9.59 Å². The molecule has 0 fully saturated rings. The van der Waals surface area contributed by atoms with E-state index in [0.29, 0.717) is 11.3 Å². The van der Waals surface area contributed by atoms with E-state index in [1.807, 2.05) is 0 Å². The van der Waals surface area contributed by atoms with E-state index in [-0.39, 0.29) is 18.3 Å². The lowest BCUT2D eigenvalue weighted by Crippen LogP contribution is -2.33. The molecule has 0 atom stereocenters. The summed E-state index contributed by atoms with van der Waals surface area (Å²) in [6.45, 7) is -0.177. The minimum absolute atomic E-state index is 0.177. The number of benzene rings is 2. The zero-order valence-corrected chi connectivity index (χ0v) is 13.0. The van der Waals surface area contributed by atoms with Gasteiger partial charge in [-0.15, -0.1) is 0 Å². The van der Waals surface area contributed by atoms with E-state index in [1.165, 1.54) is 66.6 Å². The van der Waals surface area contributed by atoms with Crippen LogP contribution in [-0.4, -0.2) is 30.3 Å². The van der Waals surface area contributed by atoms with Crippen LogP contribution < -0.4 is 5.32 Å². The fraction of sp³-hybridized carbons (Fsp3) is 0.111. The van der Waals surface area contributed by atoms with Gasteiger partial charge in [-0.1, -0.05) is 18.2 Å². The van der Waals surface area contributed by atoms with Crippen molar-refractivity contribution in [3.05, 3.63) is 71.8 Å². The average molecular weight is 330 g/mol. The average Bonchev–Trinajstić information content (AvgIpc) is 2.53. The van der Waals surface area contributed by atoms with E-state index in [1.54, 1.807) is 6.07 Å². The van der Waals surface area contributed by atoms with Crippen LogP contribution in [0.15, 0.2) is 54.6 Å². The van der Waals surface area contributed by atoms with Crippen LogP contribution in [0.25, 0.3) is 6.08 Å². The highest BCUT2D eigenvalue weighted by atomic mass is 19.1. The molecule has 0 heterocycles. The molecule has 0 aliphatic heterocycles. The Morgan fingerprint density at radius 1 is 1.08 bits per heavy atom. The third-order valence-corrected chi connectivity index (χ3v) is 3.15. The monoisotopic (exact) mass is 330 g/mol. The van der Waals surface area contributed by atoms with Gasteiger partial charge in [0.1, 0.15) is 11.6 Å². The van der Waals surface area contributed by atoms with E-state index in [2.05, 4.69) is 5.32 Å². The number of carbonyl (C=O) groups excluding carboxylic acids is 2. The van der Waals surface area contributed by atoms with Gasteiger partial charge in [0.25, 0.3) is 0 Å². The van der Waals surface area contributed by atoms with Crippen molar-refractivity contribution in [3.8, 4) is 0 Å². The number of nitrogens with zero attached hydrogens (tertiary/aromatic N) is 1. The SMILES string of the molecule is CN(CC(=O)Nc1cccc(F)c1)C(=O)/C=C/c1ccc(F)cc1. The molecule has 1 N–H and O–H groups in total. The number of rotatable bonds is 5. The first kappa shape index (κ1) is 17.3. The Bertz CT molecular complexity index is 758. The van der Waals surface area contributed by atoms with Crippen molar-refractivity contribution in [2.24, 2.45) is 0 Å². The molecule has 0 aliphatic carbocycles. The second-order valence-corrected chi connectivity index (χ2v) is 5.14. The van der Waals surface area contributed by atoms with Crippen LogP contribution in [0.2, 0.25) is 0 Å². The van der Waals surface area contributed by atoms with Crippen LogP contribution in [0.5, 0.6) is 0 Å². The maximum Gasteiger partial charge on any atom is 0.246 e. The zero-order chi connectivity index (χ0) is 17.5. The largest absolute Gasteiger partial charge is 0.333 e. The summed E-state index contributed by atoms with van der Waals surface area (Å²) in [6.07, 6.45) is 2.82. The third-order valence-electron chi connectivity index (χ3n) is 3.15. The van der Waals surface area contributed by atoms with Crippen LogP contribution >= 0.6 is 0 Å². The van der Waals surface area contributed by atoms with E-state index in [9.17, 15) is 18.4 Å². The third kappa shape index (κ3) is 5.31. The highest BCUT2D eigenvalue weighted by molar-refractivity contribution is 5.97. The molecule has 0 saturated heterocycles. The first-order valence-corrected chi connectivity index (χ1v) is 7.18. The predicted octanol–water partition coefficient (Wildman–Crippen LogP) is 3.08. The normalized spacial score (nSPS) is 10.6. The highest BCUT2D eigenvalue weighted by Gasteiger charge is 2.11. The molecule has 0 bridgehead atoms. The van der Waals surface area contributed by atoms with Crippen molar-refractivity contribution in [3.63, 3.8) is 0 Å². The summed E-state index contributed by atoms with van der Waals surface area (Å²) in [5.74, 6) is -1.63. The van der Waals surface area contributed by atoms with Crippen molar-refractivity contribution < 1.29 is 18.4 Å². The minimum atomic E-state index is -0.459. The molecule has 2 rings (SSSR count). The molecule has 2 amide bonds. The van der Waals surface area contributed by atoms with Gasteiger partial charge in [-0.05, 0) is 42.0 Å². The lowest BCUT2D eigenvalue weighted by atomic mass is 10.2. The molecular weight excluding hydrogens is 314 g/mol. The molecule has 6 heteroatoms. The van der Waals surface area contributed by atoms with Crippen molar-refractivity contribution in [2.45, 2.75) is 0 Å². The highest BCUT2D eigenvalue weighted by Crippen LogP contribution is 2.09. The Morgan fingerprint density at radius 3 is 2.46 bits per heavy atom. The van der Waals surface area contributed by atoms with Gasteiger partial charge in [0.05, 0.1) is 6.54 Å². The predicted molar refractivity (Wildman–Crippen MR) is 88.1 cm³/mol. The zero-order valence-electron chi connectivity index (χ0n) is 13.0. The molecule has 4 nitrogen and oxygen atoms in total. The smallest absolute Gasteiger partial charge is 0.246 e. The number of amides is 2. The van der Waals surface area contributed by atoms with Gasteiger partial charge in [-0.25, -0.2) is 8.78 Å². The number of hydrogen-bond acceptors (Lipinski definition) is 2. The van der Waals surface area contributed by atoms with Crippen molar-refractivity contribution >= 4 is 23.6 Å². The van der Waals surface area contributed by atoms with Gasteiger partial charge in [-0.2, -0.15) is 0 Å². The molecule has 0 radical (unpaired) electrons. The Balaban J connectivity index is 1.88. The number of likely N-dealkylation sites (N-methyl/N-ethyl adjacent to an activating group) is 1. The molecular formula is C18H16F2N2O2. The standard InChI is InChI=1S/C18H16F2N2O2/c1-22(12-17(23)21-16-4-2-3-15(20)11-16)18(24)10-7-13-5-8-14(19)9-6-13/h2-11H,12H2,1H3,(H,21,23)/b10-7+.